The molecule has 26 heavy (non-hydrogen) atoms. The SMILES string of the molecule is Nc1nc(N)c2c(OC(Cc3ccccc3)C3=COCO3)cccc2n1. The second-order valence-corrected chi connectivity index (χ2v) is 5.86. The van der Waals surface area contributed by atoms with Crippen molar-refractivity contribution in [2.45, 2.75) is 12.5 Å². The quantitative estimate of drug-likeness (QED) is 0.728. The van der Waals surface area contributed by atoms with Crippen LogP contribution in [0.5, 0.6) is 5.75 Å². The minimum absolute atomic E-state index is 0.128. The van der Waals surface area contributed by atoms with E-state index in [4.69, 9.17) is 25.7 Å². The average Bonchev–Trinajstić information content (AvgIpc) is 3.16. The fourth-order valence-corrected chi connectivity index (χ4v) is 2.90. The summed E-state index contributed by atoms with van der Waals surface area (Å²) >= 11 is 0. The smallest absolute Gasteiger partial charge is 0.230 e. The molecule has 1 atom stereocenters. The van der Waals surface area contributed by atoms with Gasteiger partial charge in [-0.2, -0.15) is 4.98 Å². The van der Waals surface area contributed by atoms with Gasteiger partial charge in [-0.3, -0.25) is 0 Å². The van der Waals surface area contributed by atoms with Crippen LogP contribution in [0, 0.1) is 0 Å². The third-order valence-corrected chi connectivity index (χ3v) is 4.07. The molecule has 7 nitrogen and oxygen atoms in total. The number of aromatic nitrogens is 2. The van der Waals surface area contributed by atoms with Crippen LogP contribution in [0.1, 0.15) is 5.56 Å². The molecule has 1 aliphatic rings. The van der Waals surface area contributed by atoms with Crippen LogP contribution in [-0.4, -0.2) is 22.9 Å². The van der Waals surface area contributed by atoms with Gasteiger partial charge in [0.1, 0.15) is 17.8 Å². The predicted molar refractivity (Wildman–Crippen MR) is 98.0 cm³/mol. The Morgan fingerprint density at radius 2 is 1.88 bits per heavy atom. The van der Waals surface area contributed by atoms with E-state index in [1.54, 1.807) is 6.26 Å². The van der Waals surface area contributed by atoms with Crippen LogP contribution in [0.25, 0.3) is 10.9 Å². The molecule has 1 unspecified atom stereocenters. The summed E-state index contributed by atoms with van der Waals surface area (Å²) in [6, 6.07) is 15.5. The number of anilines is 2. The van der Waals surface area contributed by atoms with Gasteiger partial charge in [-0.05, 0) is 17.7 Å². The molecule has 0 saturated carbocycles. The minimum atomic E-state index is -0.373. The molecule has 3 aromatic rings. The highest BCUT2D eigenvalue weighted by Gasteiger charge is 2.24. The van der Waals surface area contributed by atoms with E-state index in [0.717, 1.165) is 5.56 Å². The normalized spacial score (nSPS) is 14.4. The zero-order valence-corrected chi connectivity index (χ0v) is 14.0. The van der Waals surface area contributed by atoms with Crippen molar-refractivity contribution in [3.8, 4) is 5.75 Å². The fraction of sp³-hybridized carbons (Fsp3) is 0.158. The molecule has 1 aromatic heterocycles. The summed E-state index contributed by atoms with van der Waals surface area (Å²) < 4.78 is 17.0. The summed E-state index contributed by atoms with van der Waals surface area (Å²) in [6.45, 7) is 0.182. The van der Waals surface area contributed by atoms with Gasteiger partial charge in [0.15, 0.2) is 11.9 Å². The summed E-state index contributed by atoms with van der Waals surface area (Å²) in [5.41, 5.74) is 13.5. The van der Waals surface area contributed by atoms with Gasteiger partial charge in [-0.1, -0.05) is 36.4 Å². The maximum absolute atomic E-state index is 6.26. The van der Waals surface area contributed by atoms with Gasteiger partial charge in [0, 0.05) is 6.42 Å². The first kappa shape index (κ1) is 16.0. The molecule has 0 radical (unpaired) electrons. The van der Waals surface area contributed by atoms with E-state index in [1.165, 1.54) is 0 Å². The summed E-state index contributed by atoms with van der Waals surface area (Å²) in [6.07, 6.45) is 1.82. The Morgan fingerprint density at radius 1 is 1.04 bits per heavy atom. The summed E-state index contributed by atoms with van der Waals surface area (Å²) in [4.78, 5) is 8.27. The highest BCUT2D eigenvalue weighted by atomic mass is 16.7. The number of benzene rings is 2. The number of nitrogens with two attached hydrogens (primary N) is 2. The lowest BCUT2D eigenvalue weighted by atomic mass is 10.1. The molecular formula is C19H18N4O3. The maximum Gasteiger partial charge on any atom is 0.230 e. The van der Waals surface area contributed by atoms with E-state index in [0.29, 0.717) is 28.8 Å². The van der Waals surface area contributed by atoms with Crippen molar-refractivity contribution in [2.75, 3.05) is 18.3 Å². The van der Waals surface area contributed by atoms with Gasteiger partial charge in [0.05, 0.1) is 10.9 Å². The largest absolute Gasteiger partial charge is 0.481 e. The third kappa shape index (κ3) is 3.19. The van der Waals surface area contributed by atoms with Crippen molar-refractivity contribution in [1.82, 2.24) is 9.97 Å². The van der Waals surface area contributed by atoms with E-state index >= 15 is 0 Å². The lowest BCUT2D eigenvalue weighted by Gasteiger charge is -2.20. The first-order valence-electron chi connectivity index (χ1n) is 8.17. The zero-order valence-electron chi connectivity index (χ0n) is 14.0. The molecule has 0 bridgehead atoms. The average molecular weight is 350 g/mol. The van der Waals surface area contributed by atoms with E-state index in [-0.39, 0.29) is 24.7 Å². The van der Waals surface area contributed by atoms with E-state index < -0.39 is 0 Å². The molecule has 0 amide bonds. The number of fused-ring (bicyclic) bond motifs is 1. The Balaban J connectivity index is 1.71. The monoisotopic (exact) mass is 350 g/mol. The lowest BCUT2D eigenvalue weighted by Crippen LogP contribution is -2.23. The molecule has 132 valence electrons. The van der Waals surface area contributed by atoms with Crippen LogP contribution >= 0.6 is 0 Å². The molecule has 0 spiro atoms. The first-order valence-corrected chi connectivity index (χ1v) is 8.17. The molecule has 4 N–H and O–H groups in total. The molecule has 1 aliphatic heterocycles. The van der Waals surface area contributed by atoms with Gasteiger partial charge in [0.25, 0.3) is 0 Å². The van der Waals surface area contributed by atoms with Gasteiger partial charge in [-0.25, -0.2) is 4.98 Å². The Kier molecular flexibility index (Phi) is 4.18. The Hall–Kier alpha value is -3.48. The predicted octanol–water partition coefficient (Wildman–Crippen LogP) is 2.63. The zero-order chi connectivity index (χ0) is 17.9. The Bertz CT molecular complexity index is 960. The molecule has 0 saturated heterocycles. The number of rotatable bonds is 5. The molecule has 4 rings (SSSR count). The van der Waals surface area contributed by atoms with E-state index in [1.807, 2.05) is 48.5 Å². The van der Waals surface area contributed by atoms with Gasteiger partial charge < -0.3 is 25.7 Å². The van der Waals surface area contributed by atoms with Crippen molar-refractivity contribution < 1.29 is 14.2 Å². The molecule has 0 fully saturated rings. The van der Waals surface area contributed by atoms with Gasteiger partial charge in [0.2, 0.25) is 12.7 Å². The number of nitrogen functional groups attached to an aromatic ring is 2. The standard InChI is InChI=1S/C19H18N4O3/c20-18-17-13(22-19(21)23-18)7-4-8-14(17)26-15(16-10-24-11-25-16)9-12-5-2-1-3-6-12/h1-8,10,15H,9,11H2,(H4,20,21,22,23). The van der Waals surface area contributed by atoms with Crippen molar-refractivity contribution >= 4 is 22.7 Å². The molecule has 2 aromatic carbocycles. The van der Waals surface area contributed by atoms with E-state index in [9.17, 15) is 0 Å². The number of nitrogens with zero attached hydrogens (tertiary/aromatic N) is 2. The number of hydrogen-bond acceptors (Lipinski definition) is 7. The van der Waals surface area contributed by atoms with Crippen LogP contribution in [0.2, 0.25) is 0 Å². The molecule has 0 aliphatic carbocycles. The summed E-state index contributed by atoms with van der Waals surface area (Å²) in [7, 11) is 0. The second-order valence-electron chi connectivity index (χ2n) is 5.86. The lowest BCUT2D eigenvalue weighted by molar-refractivity contribution is 0.0560. The first-order chi connectivity index (χ1) is 12.7. The number of hydrogen-bond donors (Lipinski definition) is 2. The molecular weight excluding hydrogens is 332 g/mol. The van der Waals surface area contributed by atoms with Crippen LogP contribution in [0.15, 0.2) is 60.6 Å². The highest BCUT2D eigenvalue weighted by Crippen LogP contribution is 2.32. The van der Waals surface area contributed by atoms with Gasteiger partial charge >= 0.3 is 0 Å². The Morgan fingerprint density at radius 3 is 2.65 bits per heavy atom. The number of ether oxygens (including phenoxy) is 3. The van der Waals surface area contributed by atoms with Crippen LogP contribution in [0.3, 0.4) is 0 Å². The maximum atomic E-state index is 6.26. The van der Waals surface area contributed by atoms with Crippen molar-refractivity contribution in [3.63, 3.8) is 0 Å². The van der Waals surface area contributed by atoms with Crippen LogP contribution < -0.4 is 16.2 Å². The second kappa shape index (κ2) is 6.79. The van der Waals surface area contributed by atoms with Crippen LogP contribution in [0.4, 0.5) is 11.8 Å². The van der Waals surface area contributed by atoms with Crippen LogP contribution in [-0.2, 0) is 15.9 Å². The van der Waals surface area contributed by atoms with Crippen molar-refractivity contribution in [1.29, 1.82) is 0 Å². The molecule has 7 heteroatoms. The topological polar surface area (TPSA) is 106 Å². The Labute approximate surface area is 150 Å². The van der Waals surface area contributed by atoms with E-state index in [2.05, 4.69) is 9.97 Å². The summed E-state index contributed by atoms with van der Waals surface area (Å²) in [5.74, 6) is 1.60. The molecule has 2 heterocycles. The fourth-order valence-electron chi connectivity index (χ4n) is 2.90. The van der Waals surface area contributed by atoms with Crippen molar-refractivity contribution in [3.05, 3.63) is 66.1 Å². The summed E-state index contributed by atoms with van der Waals surface area (Å²) in [5, 5.41) is 0.624. The minimum Gasteiger partial charge on any atom is -0.481 e. The third-order valence-electron chi connectivity index (χ3n) is 4.07. The van der Waals surface area contributed by atoms with Crippen molar-refractivity contribution in [2.24, 2.45) is 0 Å². The highest BCUT2D eigenvalue weighted by molar-refractivity contribution is 5.94. The van der Waals surface area contributed by atoms with Gasteiger partial charge in [-0.15, -0.1) is 0 Å².